The van der Waals surface area contributed by atoms with Crippen molar-refractivity contribution in [2.45, 2.75) is 33.3 Å². The van der Waals surface area contributed by atoms with Crippen LogP contribution in [0, 0.1) is 11.7 Å². The third kappa shape index (κ3) is 5.36. The van der Waals surface area contributed by atoms with E-state index in [2.05, 4.69) is 42.0 Å². The standard InChI is InChI=1S/C14H21BrFNO/c1-4-12(9-17-8-10(2)3)18-14-7-11(16)5-6-13(14)15/h5-7,10,12,17H,4,8-9H2,1-3H3. The number of hydrogen-bond acceptors (Lipinski definition) is 2. The van der Waals surface area contributed by atoms with Crippen molar-refractivity contribution >= 4 is 15.9 Å². The largest absolute Gasteiger partial charge is 0.488 e. The van der Waals surface area contributed by atoms with Crippen LogP contribution in [-0.4, -0.2) is 19.2 Å². The van der Waals surface area contributed by atoms with Gasteiger partial charge in [0.05, 0.1) is 4.47 Å². The fraction of sp³-hybridized carbons (Fsp3) is 0.571. The minimum atomic E-state index is -0.279. The van der Waals surface area contributed by atoms with Gasteiger partial charge in [0.2, 0.25) is 0 Å². The van der Waals surface area contributed by atoms with Gasteiger partial charge in [-0.1, -0.05) is 20.8 Å². The molecule has 1 rings (SSSR count). The van der Waals surface area contributed by atoms with Gasteiger partial charge in [0.25, 0.3) is 0 Å². The summed E-state index contributed by atoms with van der Waals surface area (Å²) in [5.41, 5.74) is 0. The quantitative estimate of drug-likeness (QED) is 0.821. The zero-order valence-corrected chi connectivity index (χ0v) is 12.8. The first-order valence-electron chi connectivity index (χ1n) is 6.35. The minimum Gasteiger partial charge on any atom is -0.488 e. The van der Waals surface area contributed by atoms with E-state index in [1.165, 1.54) is 12.1 Å². The van der Waals surface area contributed by atoms with Gasteiger partial charge in [-0.2, -0.15) is 0 Å². The third-order valence-corrected chi connectivity index (χ3v) is 3.22. The Morgan fingerprint density at radius 1 is 1.33 bits per heavy atom. The Morgan fingerprint density at radius 3 is 2.67 bits per heavy atom. The molecule has 1 aromatic rings. The summed E-state index contributed by atoms with van der Waals surface area (Å²) in [6, 6.07) is 4.49. The van der Waals surface area contributed by atoms with Crippen molar-refractivity contribution in [2.24, 2.45) is 5.92 Å². The topological polar surface area (TPSA) is 21.3 Å². The molecule has 0 bridgehead atoms. The fourth-order valence-electron chi connectivity index (χ4n) is 1.55. The monoisotopic (exact) mass is 317 g/mol. The SMILES string of the molecule is CCC(CNCC(C)C)Oc1cc(F)ccc1Br. The summed E-state index contributed by atoms with van der Waals surface area (Å²) in [7, 11) is 0. The second-order valence-electron chi connectivity index (χ2n) is 4.77. The van der Waals surface area contributed by atoms with Crippen LogP contribution in [0.2, 0.25) is 0 Å². The number of nitrogens with one attached hydrogen (secondary N) is 1. The number of benzene rings is 1. The molecule has 0 aliphatic carbocycles. The molecular formula is C14H21BrFNO. The van der Waals surface area contributed by atoms with Crippen molar-refractivity contribution in [3.63, 3.8) is 0 Å². The summed E-state index contributed by atoms with van der Waals surface area (Å²) >= 11 is 3.37. The Bertz CT molecular complexity index is 371. The molecule has 0 heterocycles. The zero-order valence-electron chi connectivity index (χ0n) is 11.2. The molecule has 0 saturated heterocycles. The van der Waals surface area contributed by atoms with Crippen molar-refractivity contribution in [2.75, 3.05) is 13.1 Å². The first-order chi connectivity index (χ1) is 8.52. The van der Waals surface area contributed by atoms with Crippen LogP contribution < -0.4 is 10.1 Å². The molecule has 4 heteroatoms. The van der Waals surface area contributed by atoms with E-state index in [0.29, 0.717) is 11.7 Å². The molecule has 0 aromatic heterocycles. The average molecular weight is 318 g/mol. The Morgan fingerprint density at radius 2 is 2.06 bits per heavy atom. The van der Waals surface area contributed by atoms with E-state index in [-0.39, 0.29) is 11.9 Å². The van der Waals surface area contributed by atoms with Gasteiger partial charge in [-0.25, -0.2) is 4.39 Å². The van der Waals surface area contributed by atoms with E-state index in [1.54, 1.807) is 6.07 Å². The minimum absolute atomic E-state index is 0.0573. The molecule has 1 N–H and O–H groups in total. The maximum atomic E-state index is 13.1. The highest BCUT2D eigenvalue weighted by molar-refractivity contribution is 9.10. The van der Waals surface area contributed by atoms with Gasteiger partial charge in [-0.05, 0) is 46.9 Å². The average Bonchev–Trinajstić information content (AvgIpc) is 2.32. The molecule has 1 aromatic carbocycles. The molecule has 0 radical (unpaired) electrons. The molecule has 0 aliphatic rings. The summed E-state index contributed by atoms with van der Waals surface area (Å²) in [4.78, 5) is 0. The smallest absolute Gasteiger partial charge is 0.136 e. The summed E-state index contributed by atoms with van der Waals surface area (Å²) in [6.45, 7) is 8.13. The van der Waals surface area contributed by atoms with Crippen LogP contribution in [0.15, 0.2) is 22.7 Å². The Labute approximate surface area is 117 Å². The first kappa shape index (κ1) is 15.4. The first-order valence-corrected chi connectivity index (χ1v) is 7.14. The van der Waals surface area contributed by atoms with E-state index < -0.39 is 0 Å². The lowest BCUT2D eigenvalue weighted by Gasteiger charge is -2.19. The van der Waals surface area contributed by atoms with Crippen LogP contribution in [0.5, 0.6) is 5.75 Å². The van der Waals surface area contributed by atoms with Crippen molar-refractivity contribution in [3.8, 4) is 5.75 Å². The summed E-state index contributed by atoms with van der Waals surface area (Å²) in [5.74, 6) is 0.898. The number of hydrogen-bond donors (Lipinski definition) is 1. The zero-order chi connectivity index (χ0) is 13.5. The lowest BCUT2D eigenvalue weighted by molar-refractivity contribution is 0.190. The fourth-order valence-corrected chi connectivity index (χ4v) is 1.89. The van der Waals surface area contributed by atoms with E-state index in [1.807, 2.05) is 0 Å². The van der Waals surface area contributed by atoms with E-state index in [4.69, 9.17) is 4.74 Å². The maximum Gasteiger partial charge on any atom is 0.136 e. The lowest BCUT2D eigenvalue weighted by atomic mass is 10.2. The maximum absolute atomic E-state index is 13.1. The van der Waals surface area contributed by atoms with Crippen LogP contribution in [0.25, 0.3) is 0 Å². The van der Waals surface area contributed by atoms with Crippen LogP contribution in [0.1, 0.15) is 27.2 Å². The molecule has 102 valence electrons. The van der Waals surface area contributed by atoms with Crippen molar-refractivity contribution < 1.29 is 9.13 Å². The van der Waals surface area contributed by atoms with Gasteiger partial charge in [-0.15, -0.1) is 0 Å². The number of ether oxygens (including phenoxy) is 1. The van der Waals surface area contributed by atoms with Gasteiger partial charge in [0.1, 0.15) is 17.7 Å². The van der Waals surface area contributed by atoms with Crippen LogP contribution in [-0.2, 0) is 0 Å². The highest BCUT2D eigenvalue weighted by Crippen LogP contribution is 2.26. The second-order valence-corrected chi connectivity index (χ2v) is 5.63. The molecule has 0 saturated carbocycles. The highest BCUT2D eigenvalue weighted by atomic mass is 79.9. The van der Waals surface area contributed by atoms with E-state index in [0.717, 1.165) is 24.0 Å². The summed E-state index contributed by atoms with van der Waals surface area (Å²) in [6.07, 6.45) is 0.940. The molecule has 1 unspecified atom stereocenters. The van der Waals surface area contributed by atoms with Gasteiger partial charge in [-0.3, -0.25) is 0 Å². The van der Waals surface area contributed by atoms with E-state index in [9.17, 15) is 4.39 Å². The molecule has 0 amide bonds. The normalized spacial score (nSPS) is 12.8. The van der Waals surface area contributed by atoms with Gasteiger partial charge in [0, 0.05) is 12.6 Å². The Hall–Kier alpha value is -0.610. The third-order valence-electron chi connectivity index (χ3n) is 2.57. The molecule has 1 atom stereocenters. The number of rotatable bonds is 7. The van der Waals surface area contributed by atoms with Crippen molar-refractivity contribution in [3.05, 3.63) is 28.5 Å². The van der Waals surface area contributed by atoms with Crippen molar-refractivity contribution in [1.29, 1.82) is 0 Å². The van der Waals surface area contributed by atoms with E-state index >= 15 is 0 Å². The molecular weight excluding hydrogens is 297 g/mol. The Kier molecular flexibility index (Phi) is 6.65. The molecule has 0 aliphatic heterocycles. The predicted octanol–water partition coefficient (Wildman–Crippen LogP) is 3.99. The predicted molar refractivity (Wildman–Crippen MR) is 76.5 cm³/mol. The van der Waals surface area contributed by atoms with Crippen LogP contribution >= 0.6 is 15.9 Å². The summed E-state index contributed by atoms with van der Waals surface area (Å²) in [5, 5.41) is 3.36. The van der Waals surface area contributed by atoms with Gasteiger partial charge in [0.15, 0.2) is 0 Å². The molecule has 0 spiro atoms. The molecule has 2 nitrogen and oxygen atoms in total. The number of halogens is 2. The summed E-state index contributed by atoms with van der Waals surface area (Å²) < 4.78 is 19.7. The molecule has 18 heavy (non-hydrogen) atoms. The van der Waals surface area contributed by atoms with Crippen molar-refractivity contribution in [1.82, 2.24) is 5.32 Å². The second kappa shape index (κ2) is 7.74. The lowest BCUT2D eigenvalue weighted by Crippen LogP contribution is -2.33. The highest BCUT2D eigenvalue weighted by Gasteiger charge is 2.11. The van der Waals surface area contributed by atoms with Gasteiger partial charge >= 0.3 is 0 Å². The molecule has 0 fully saturated rings. The van der Waals surface area contributed by atoms with Gasteiger partial charge < -0.3 is 10.1 Å². The van der Waals surface area contributed by atoms with Crippen LogP contribution in [0.4, 0.5) is 4.39 Å². The Balaban J connectivity index is 2.54. The van der Waals surface area contributed by atoms with Crippen LogP contribution in [0.3, 0.4) is 0 Å².